The van der Waals surface area contributed by atoms with Crippen molar-refractivity contribution >= 4 is 10.0 Å². The van der Waals surface area contributed by atoms with Gasteiger partial charge in [0.2, 0.25) is 10.0 Å². The Kier molecular flexibility index (Phi) is 4.17. The van der Waals surface area contributed by atoms with E-state index >= 15 is 0 Å². The van der Waals surface area contributed by atoms with Crippen molar-refractivity contribution in [2.75, 3.05) is 13.1 Å². The smallest absolute Gasteiger partial charge is 0.244 e. The van der Waals surface area contributed by atoms with Crippen molar-refractivity contribution in [1.82, 2.24) is 9.29 Å². The predicted octanol–water partition coefficient (Wildman–Crippen LogP) is 0.969. The van der Waals surface area contributed by atoms with Gasteiger partial charge < -0.3 is 5.73 Å². The van der Waals surface area contributed by atoms with E-state index < -0.39 is 15.8 Å². The first-order chi connectivity index (χ1) is 8.91. The summed E-state index contributed by atoms with van der Waals surface area (Å²) in [6.45, 7) is 2.78. The lowest BCUT2D eigenvalue weighted by Crippen LogP contribution is -2.42. The second-order valence-electron chi connectivity index (χ2n) is 4.94. The maximum absolute atomic E-state index is 13.1. The average Bonchev–Trinajstić information content (AvgIpc) is 2.39. The third-order valence-corrected chi connectivity index (χ3v) is 5.42. The van der Waals surface area contributed by atoms with Crippen molar-refractivity contribution < 1.29 is 12.8 Å². The standard InChI is InChI=1S/C12H18FN3O2S/c1-9(14)10-2-4-16(5-3-10)19(17,18)12-6-11(13)7-15-8-12/h6-10H,2-5,14H2,1H3. The number of nitrogens with zero attached hydrogens (tertiary/aromatic N) is 2. The zero-order valence-corrected chi connectivity index (χ0v) is 11.6. The van der Waals surface area contributed by atoms with Crippen LogP contribution in [0.5, 0.6) is 0 Å². The van der Waals surface area contributed by atoms with Gasteiger partial charge in [-0.25, -0.2) is 12.8 Å². The molecule has 0 aromatic carbocycles. The van der Waals surface area contributed by atoms with Crippen molar-refractivity contribution in [3.63, 3.8) is 0 Å². The zero-order valence-electron chi connectivity index (χ0n) is 10.8. The molecule has 0 saturated carbocycles. The highest BCUT2D eigenvalue weighted by atomic mass is 32.2. The van der Waals surface area contributed by atoms with Gasteiger partial charge in [-0.15, -0.1) is 0 Å². The quantitative estimate of drug-likeness (QED) is 0.898. The van der Waals surface area contributed by atoms with Crippen LogP contribution in [0.1, 0.15) is 19.8 Å². The molecule has 1 unspecified atom stereocenters. The van der Waals surface area contributed by atoms with Gasteiger partial charge in [-0.1, -0.05) is 0 Å². The fraction of sp³-hybridized carbons (Fsp3) is 0.583. The molecule has 1 aromatic heterocycles. The summed E-state index contributed by atoms with van der Waals surface area (Å²) in [6, 6.07) is 1.07. The summed E-state index contributed by atoms with van der Waals surface area (Å²) in [5.41, 5.74) is 5.83. The fourth-order valence-corrected chi connectivity index (χ4v) is 3.77. The number of piperidine rings is 1. The predicted molar refractivity (Wildman–Crippen MR) is 69.3 cm³/mol. The maximum atomic E-state index is 13.1. The second-order valence-corrected chi connectivity index (χ2v) is 6.88. The van der Waals surface area contributed by atoms with E-state index in [1.807, 2.05) is 6.92 Å². The number of pyridine rings is 1. The van der Waals surface area contributed by atoms with Crippen LogP contribution in [0.2, 0.25) is 0 Å². The van der Waals surface area contributed by atoms with Gasteiger partial charge in [0.05, 0.1) is 6.20 Å². The van der Waals surface area contributed by atoms with Crippen LogP contribution in [-0.2, 0) is 10.0 Å². The minimum Gasteiger partial charge on any atom is -0.328 e. The minimum atomic E-state index is -3.64. The number of halogens is 1. The van der Waals surface area contributed by atoms with E-state index in [1.165, 1.54) is 10.5 Å². The molecule has 0 spiro atoms. The van der Waals surface area contributed by atoms with Gasteiger partial charge in [0, 0.05) is 25.3 Å². The first kappa shape index (κ1) is 14.4. The molecular formula is C12H18FN3O2S. The molecule has 2 heterocycles. The van der Waals surface area contributed by atoms with Gasteiger partial charge >= 0.3 is 0 Å². The Bertz CT molecular complexity index is 540. The van der Waals surface area contributed by atoms with Crippen LogP contribution in [0, 0.1) is 11.7 Å². The summed E-state index contributed by atoms with van der Waals surface area (Å²) in [4.78, 5) is 3.50. The van der Waals surface area contributed by atoms with E-state index in [0.717, 1.165) is 25.1 Å². The van der Waals surface area contributed by atoms with E-state index in [-0.39, 0.29) is 10.9 Å². The van der Waals surface area contributed by atoms with Gasteiger partial charge in [0.1, 0.15) is 10.7 Å². The lowest BCUT2D eigenvalue weighted by atomic mass is 9.92. The largest absolute Gasteiger partial charge is 0.328 e. The Hall–Kier alpha value is -1.05. The van der Waals surface area contributed by atoms with Gasteiger partial charge in [-0.3, -0.25) is 4.98 Å². The van der Waals surface area contributed by atoms with Crippen LogP contribution in [0.25, 0.3) is 0 Å². The number of sulfonamides is 1. The molecule has 1 fully saturated rings. The number of aromatic nitrogens is 1. The lowest BCUT2D eigenvalue weighted by Gasteiger charge is -2.32. The van der Waals surface area contributed by atoms with Crippen molar-refractivity contribution in [3.05, 3.63) is 24.3 Å². The normalized spacial score (nSPS) is 20.4. The summed E-state index contributed by atoms with van der Waals surface area (Å²) in [5, 5.41) is 0. The SMILES string of the molecule is CC(N)C1CCN(S(=O)(=O)c2cncc(F)c2)CC1. The van der Waals surface area contributed by atoms with E-state index in [9.17, 15) is 12.8 Å². The van der Waals surface area contributed by atoms with Crippen molar-refractivity contribution in [2.24, 2.45) is 11.7 Å². The highest BCUT2D eigenvalue weighted by Crippen LogP contribution is 2.24. The molecule has 1 atom stereocenters. The van der Waals surface area contributed by atoms with Crippen LogP contribution in [0.3, 0.4) is 0 Å². The molecule has 1 aliphatic heterocycles. The molecular weight excluding hydrogens is 269 g/mol. The molecule has 0 bridgehead atoms. The van der Waals surface area contributed by atoms with Crippen LogP contribution < -0.4 is 5.73 Å². The van der Waals surface area contributed by atoms with Crippen molar-refractivity contribution in [2.45, 2.75) is 30.7 Å². The summed E-state index contributed by atoms with van der Waals surface area (Å²) >= 11 is 0. The van der Waals surface area contributed by atoms with E-state index in [0.29, 0.717) is 19.0 Å². The Balaban J connectivity index is 2.14. The first-order valence-corrected chi connectivity index (χ1v) is 7.71. The molecule has 0 radical (unpaired) electrons. The summed E-state index contributed by atoms with van der Waals surface area (Å²) < 4.78 is 39.1. The molecule has 5 nitrogen and oxygen atoms in total. The molecule has 0 amide bonds. The van der Waals surface area contributed by atoms with Crippen molar-refractivity contribution in [3.8, 4) is 0 Å². The minimum absolute atomic E-state index is 0.0701. The Labute approximate surface area is 112 Å². The monoisotopic (exact) mass is 287 g/mol. The molecule has 2 rings (SSSR count). The number of rotatable bonds is 3. The fourth-order valence-electron chi connectivity index (χ4n) is 2.32. The zero-order chi connectivity index (χ0) is 14.0. The number of hydrogen-bond acceptors (Lipinski definition) is 4. The topological polar surface area (TPSA) is 76.3 Å². The third-order valence-electron chi connectivity index (χ3n) is 3.56. The van der Waals surface area contributed by atoms with Crippen molar-refractivity contribution in [1.29, 1.82) is 0 Å². The maximum Gasteiger partial charge on any atom is 0.244 e. The number of hydrogen-bond donors (Lipinski definition) is 1. The number of nitrogens with two attached hydrogens (primary N) is 1. The molecule has 1 aromatic rings. The molecule has 7 heteroatoms. The second kappa shape index (κ2) is 5.52. The third kappa shape index (κ3) is 3.10. The average molecular weight is 287 g/mol. The Morgan fingerprint density at radius 2 is 2.05 bits per heavy atom. The van der Waals surface area contributed by atoms with E-state index in [1.54, 1.807) is 0 Å². The highest BCUT2D eigenvalue weighted by Gasteiger charge is 2.30. The molecule has 0 aliphatic carbocycles. The molecule has 19 heavy (non-hydrogen) atoms. The van der Waals surface area contributed by atoms with Crippen LogP contribution in [-0.4, -0.2) is 36.8 Å². The molecule has 106 valence electrons. The Morgan fingerprint density at radius 3 is 2.58 bits per heavy atom. The molecule has 2 N–H and O–H groups in total. The Morgan fingerprint density at radius 1 is 1.42 bits per heavy atom. The van der Waals surface area contributed by atoms with Gasteiger partial charge in [0.25, 0.3) is 0 Å². The van der Waals surface area contributed by atoms with Crippen LogP contribution >= 0.6 is 0 Å². The van der Waals surface area contributed by atoms with Gasteiger partial charge in [-0.2, -0.15) is 4.31 Å². The molecule has 1 saturated heterocycles. The van der Waals surface area contributed by atoms with Gasteiger partial charge in [0.15, 0.2) is 0 Å². The molecule has 1 aliphatic rings. The summed E-state index contributed by atoms with van der Waals surface area (Å²) in [7, 11) is -3.64. The van der Waals surface area contributed by atoms with Gasteiger partial charge in [-0.05, 0) is 31.7 Å². The summed E-state index contributed by atoms with van der Waals surface area (Å²) in [5.74, 6) is -0.302. The van der Waals surface area contributed by atoms with Crippen LogP contribution in [0.15, 0.2) is 23.4 Å². The van der Waals surface area contributed by atoms with E-state index in [2.05, 4.69) is 4.98 Å². The summed E-state index contributed by atoms with van der Waals surface area (Å²) in [6.07, 6.45) is 3.64. The highest BCUT2D eigenvalue weighted by molar-refractivity contribution is 7.89. The van der Waals surface area contributed by atoms with E-state index in [4.69, 9.17) is 5.73 Å². The first-order valence-electron chi connectivity index (χ1n) is 6.27. The lowest BCUT2D eigenvalue weighted by molar-refractivity contribution is 0.250. The van der Waals surface area contributed by atoms with Crippen LogP contribution in [0.4, 0.5) is 4.39 Å².